The van der Waals surface area contributed by atoms with Crippen molar-refractivity contribution in [2.24, 2.45) is 4.99 Å². The number of nitrogens with zero attached hydrogens (tertiary/aromatic N) is 4. The van der Waals surface area contributed by atoms with E-state index in [-0.39, 0.29) is 24.0 Å². The molecule has 1 saturated heterocycles. The molecule has 2 N–H and O–H groups in total. The van der Waals surface area contributed by atoms with Crippen molar-refractivity contribution in [3.8, 4) is 0 Å². The normalized spacial score (nSPS) is 15.2. The first-order chi connectivity index (χ1) is 14.8. The average molecular weight is 573 g/mol. The number of sulfone groups is 1. The van der Waals surface area contributed by atoms with Crippen LogP contribution in [0.5, 0.6) is 0 Å². The molecular formula is C22H33IN6O2S. The number of halogens is 1. The fourth-order valence-corrected chi connectivity index (χ4v) is 4.65. The summed E-state index contributed by atoms with van der Waals surface area (Å²) < 4.78 is 23.6. The zero-order valence-electron chi connectivity index (χ0n) is 19.1. The molecule has 1 aromatic carbocycles. The lowest BCUT2D eigenvalue weighted by molar-refractivity contribution is 0.312. The topological polar surface area (TPSA) is 89.9 Å². The Hall–Kier alpha value is -1.92. The Kier molecular flexibility index (Phi) is 9.71. The van der Waals surface area contributed by atoms with E-state index in [0.29, 0.717) is 23.9 Å². The van der Waals surface area contributed by atoms with Gasteiger partial charge in [0.25, 0.3) is 0 Å². The number of hydrogen-bond acceptors (Lipinski definition) is 6. The lowest BCUT2D eigenvalue weighted by Gasteiger charge is -2.34. The summed E-state index contributed by atoms with van der Waals surface area (Å²) in [5.41, 5.74) is 2.87. The monoisotopic (exact) mass is 572 g/mol. The molecule has 32 heavy (non-hydrogen) atoms. The van der Waals surface area contributed by atoms with Crippen LogP contribution in [0.1, 0.15) is 16.7 Å². The van der Waals surface area contributed by atoms with Crippen LogP contribution in [0.4, 0.5) is 5.82 Å². The molecule has 2 aromatic rings. The molecule has 10 heteroatoms. The summed E-state index contributed by atoms with van der Waals surface area (Å²) in [6.07, 6.45) is 3.07. The Morgan fingerprint density at radius 3 is 2.44 bits per heavy atom. The highest BCUT2D eigenvalue weighted by Gasteiger charge is 2.18. The van der Waals surface area contributed by atoms with E-state index in [9.17, 15) is 8.42 Å². The van der Waals surface area contributed by atoms with Crippen LogP contribution in [0.3, 0.4) is 0 Å². The fourth-order valence-electron chi connectivity index (χ4n) is 3.69. The standard InChI is InChI=1S/C22H32N6O2S.HI/c1-17-14-18(7-8-20(17)31(4,29)30)15-25-22(23-2)26-16-19-6-5-9-24-21(19)28-12-10-27(3)11-13-28;/h5-9,14H,10-13,15-16H2,1-4H3,(H2,23,25,26);1H. The summed E-state index contributed by atoms with van der Waals surface area (Å²) in [4.78, 5) is 14.0. The molecule has 8 nitrogen and oxygen atoms in total. The first kappa shape index (κ1) is 26.3. The number of piperazine rings is 1. The number of aromatic nitrogens is 1. The van der Waals surface area contributed by atoms with Crippen LogP contribution in [0.25, 0.3) is 0 Å². The van der Waals surface area contributed by atoms with Crippen molar-refractivity contribution >= 4 is 45.6 Å². The van der Waals surface area contributed by atoms with E-state index in [2.05, 4.69) is 43.5 Å². The minimum Gasteiger partial charge on any atom is -0.354 e. The second-order valence-corrected chi connectivity index (χ2v) is 9.91. The Labute approximate surface area is 208 Å². The molecule has 176 valence electrons. The van der Waals surface area contributed by atoms with Gasteiger partial charge in [0.15, 0.2) is 15.8 Å². The smallest absolute Gasteiger partial charge is 0.191 e. The lowest BCUT2D eigenvalue weighted by Crippen LogP contribution is -2.45. The Morgan fingerprint density at radius 2 is 1.81 bits per heavy atom. The van der Waals surface area contributed by atoms with Crippen molar-refractivity contribution in [2.45, 2.75) is 24.9 Å². The van der Waals surface area contributed by atoms with Gasteiger partial charge < -0.3 is 20.4 Å². The maximum Gasteiger partial charge on any atom is 0.191 e. The van der Waals surface area contributed by atoms with Crippen molar-refractivity contribution < 1.29 is 8.42 Å². The highest BCUT2D eigenvalue weighted by Crippen LogP contribution is 2.19. The number of pyridine rings is 1. The average Bonchev–Trinajstić information content (AvgIpc) is 2.74. The molecule has 1 aliphatic heterocycles. The van der Waals surface area contributed by atoms with Gasteiger partial charge in [-0.2, -0.15) is 0 Å². The zero-order chi connectivity index (χ0) is 22.4. The van der Waals surface area contributed by atoms with E-state index in [1.54, 1.807) is 13.1 Å². The molecular weight excluding hydrogens is 539 g/mol. The largest absolute Gasteiger partial charge is 0.354 e. The van der Waals surface area contributed by atoms with E-state index >= 15 is 0 Å². The Balaban J connectivity index is 0.00000363. The van der Waals surface area contributed by atoms with E-state index < -0.39 is 9.84 Å². The molecule has 0 atom stereocenters. The van der Waals surface area contributed by atoms with Gasteiger partial charge in [0.1, 0.15) is 5.82 Å². The minimum absolute atomic E-state index is 0. The van der Waals surface area contributed by atoms with Crippen LogP contribution in [0.2, 0.25) is 0 Å². The third-order valence-electron chi connectivity index (χ3n) is 5.44. The third-order valence-corrected chi connectivity index (χ3v) is 6.70. The molecule has 0 radical (unpaired) electrons. The van der Waals surface area contributed by atoms with Gasteiger partial charge in [0.2, 0.25) is 0 Å². The number of hydrogen-bond donors (Lipinski definition) is 2. The first-order valence-electron chi connectivity index (χ1n) is 10.4. The number of guanidine groups is 1. The molecule has 0 saturated carbocycles. The summed E-state index contributed by atoms with van der Waals surface area (Å²) in [5.74, 6) is 1.70. The van der Waals surface area contributed by atoms with Gasteiger partial charge in [-0.05, 0) is 37.2 Å². The summed E-state index contributed by atoms with van der Waals surface area (Å²) >= 11 is 0. The quantitative estimate of drug-likeness (QED) is 0.311. The van der Waals surface area contributed by atoms with Crippen molar-refractivity contribution in [1.29, 1.82) is 0 Å². The van der Waals surface area contributed by atoms with E-state index in [0.717, 1.165) is 48.7 Å². The van der Waals surface area contributed by atoms with Gasteiger partial charge in [-0.15, -0.1) is 24.0 Å². The van der Waals surface area contributed by atoms with E-state index in [4.69, 9.17) is 0 Å². The molecule has 1 aromatic heterocycles. The number of anilines is 1. The number of aliphatic imine (C=N–C) groups is 1. The fraction of sp³-hybridized carbons (Fsp3) is 0.455. The molecule has 0 amide bonds. The molecule has 2 heterocycles. The third kappa shape index (κ3) is 7.04. The summed E-state index contributed by atoms with van der Waals surface area (Å²) in [7, 11) is 0.666. The van der Waals surface area contributed by atoms with Gasteiger partial charge in [-0.25, -0.2) is 13.4 Å². The van der Waals surface area contributed by atoms with Crippen LogP contribution in [0.15, 0.2) is 46.4 Å². The maximum absolute atomic E-state index is 11.8. The summed E-state index contributed by atoms with van der Waals surface area (Å²) in [6, 6.07) is 9.43. The number of aryl methyl sites for hydroxylation is 1. The minimum atomic E-state index is -3.21. The van der Waals surface area contributed by atoms with Gasteiger partial charge in [-0.1, -0.05) is 18.2 Å². The summed E-state index contributed by atoms with van der Waals surface area (Å²) in [5, 5.41) is 6.66. The molecule has 0 bridgehead atoms. The van der Waals surface area contributed by atoms with E-state index in [1.807, 2.05) is 31.3 Å². The van der Waals surface area contributed by atoms with Crippen LogP contribution < -0.4 is 15.5 Å². The van der Waals surface area contributed by atoms with Crippen molar-refractivity contribution in [3.63, 3.8) is 0 Å². The molecule has 0 spiro atoms. The van der Waals surface area contributed by atoms with Crippen LogP contribution in [-0.4, -0.2) is 70.8 Å². The molecule has 0 aliphatic carbocycles. The van der Waals surface area contributed by atoms with Crippen molar-refractivity contribution in [1.82, 2.24) is 20.5 Å². The van der Waals surface area contributed by atoms with Gasteiger partial charge >= 0.3 is 0 Å². The van der Waals surface area contributed by atoms with Gasteiger partial charge in [0, 0.05) is 64.3 Å². The van der Waals surface area contributed by atoms with E-state index in [1.165, 1.54) is 6.26 Å². The predicted octanol–water partition coefficient (Wildman–Crippen LogP) is 2.03. The molecule has 3 rings (SSSR count). The van der Waals surface area contributed by atoms with Gasteiger partial charge in [0.05, 0.1) is 4.90 Å². The number of nitrogens with one attached hydrogen (secondary N) is 2. The van der Waals surface area contributed by atoms with Crippen LogP contribution in [0, 0.1) is 6.92 Å². The zero-order valence-corrected chi connectivity index (χ0v) is 22.3. The van der Waals surface area contributed by atoms with Crippen molar-refractivity contribution in [2.75, 3.05) is 51.4 Å². The molecule has 0 unspecified atom stereocenters. The first-order valence-corrected chi connectivity index (χ1v) is 12.3. The molecule has 1 fully saturated rings. The highest BCUT2D eigenvalue weighted by atomic mass is 127. The Morgan fingerprint density at radius 1 is 1.12 bits per heavy atom. The summed E-state index contributed by atoms with van der Waals surface area (Å²) in [6.45, 7) is 6.97. The number of likely N-dealkylation sites (N-methyl/N-ethyl adjacent to an activating group) is 1. The number of benzene rings is 1. The Bertz CT molecular complexity index is 1040. The number of rotatable bonds is 6. The van der Waals surface area contributed by atoms with Crippen LogP contribution >= 0.6 is 24.0 Å². The maximum atomic E-state index is 11.8. The lowest BCUT2D eigenvalue weighted by atomic mass is 10.1. The predicted molar refractivity (Wildman–Crippen MR) is 141 cm³/mol. The SMILES string of the molecule is CN=C(NCc1ccc(S(C)(=O)=O)c(C)c1)NCc1cccnc1N1CCN(C)CC1.I. The second-order valence-electron chi connectivity index (χ2n) is 7.93. The highest BCUT2D eigenvalue weighted by molar-refractivity contribution is 14.0. The van der Waals surface area contributed by atoms with Crippen LogP contribution in [-0.2, 0) is 22.9 Å². The molecule has 1 aliphatic rings. The second kappa shape index (κ2) is 11.8. The van der Waals surface area contributed by atoms with Gasteiger partial charge in [-0.3, -0.25) is 4.99 Å². The van der Waals surface area contributed by atoms with Crippen molar-refractivity contribution in [3.05, 3.63) is 53.2 Å².